The van der Waals surface area contributed by atoms with E-state index in [1.54, 1.807) is 0 Å². The zero-order valence-electron chi connectivity index (χ0n) is 14.5. The lowest BCUT2D eigenvalue weighted by Gasteiger charge is -2.31. The summed E-state index contributed by atoms with van der Waals surface area (Å²) in [4.78, 5) is 21.9. The third-order valence-electron chi connectivity index (χ3n) is 4.86. The summed E-state index contributed by atoms with van der Waals surface area (Å²) in [5.41, 5.74) is 1.23. The van der Waals surface area contributed by atoms with Gasteiger partial charge in [0, 0.05) is 50.2 Å². The van der Waals surface area contributed by atoms with Gasteiger partial charge >= 0.3 is 0 Å². The van der Waals surface area contributed by atoms with Crippen molar-refractivity contribution in [3.63, 3.8) is 0 Å². The van der Waals surface area contributed by atoms with Gasteiger partial charge in [-0.15, -0.1) is 0 Å². The van der Waals surface area contributed by atoms with E-state index >= 15 is 0 Å². The summed E-state index contributed by atoms with van der Waals surface area (Å²) in [5.74, 6) is 2.26. The Kier molecular flexibility index (Phi) is 6.00. The fourth-order valence-corrected chi connectivity index (χ4v) is 3.50. The third-order valence-corrected chi connectivity index (χ3v) is 4.86. The molecular weight excluding hydrogens is 336 g/mol. The molecule has 3 N–H and O–H groups in total. The molecule has 2 saturated heterocycles. The second kappa shape index (κ2) is 8.61. The highest BCUT2D eigenvalue weighted by Gasteiger charge is 2.25. The molecule has 1 unspecified atom stereocenters. The number of piperidine rings is 1. The first-order valence-corrected chi connectivity index (χ1v) is 8.79. The van der Waals surface area contributed by atoms with Crippen LogP contribution in [0.3, 0.4) is 0 Å². The normalized spacial score (nSPS) is 20.6. The Morgan fingerprint density at radius 1 is 1.12 bits per heavy atom. The number of anilines is 2. The monoisotopic (exact) mass is 360 g/mol. The Morgan fingerprint density at radius 2 is 1.85 bits per heavy atom. The molecule has 0 bridgehead atoms. The van der Waals surface area contributed by atoms with Crippen molar-refractivity contribution in [2.75, 3.05) is 36.0 Å². The van der Waals surface area contributed by atoms with Crippen LogP contribution in [0.25, 0.3) is 0 Å². The number of hydrogen-bond acceptors (Lipinski definition) is 7. The van der Waals surface area contributed by atoms with Gasteiger partial charge in [0.05, 0.1) is 6.10 Å². The first kappa shape index (κ1) is 18.1. The molecule has 2 aromatic heterocycles. The standard InChI is InChI=1S/C16H22N6O.CH2O2/c23-13-5-10-22(11-13)15-2-6-17-16(19-15)21-8-3-12(4-9-21)14-1-7-18-20-14;2-1-3/h1-2,6-7,12-13,23H,3-5,8-11H2,(H,18,20);1H,(H,2,3). The molecule has 0 spiro atoms. The van der Waals surface area contributed by atoms with Gasteiger partial charge in [-0.25, -0.2) is 4.98 Å². The molecule has 0 aromatic carbocycles. The summed E-state index contributed by atoms with van der Waals surface area (Å²) < 4.78 is 0. The number of β-amino-alcohol motifs (C(OH)–C–C–N with tert-alkyl or cyclic N) is 1. The van der Waals surface area contributed by atoms with Crippen LogP contribution < -0.4 is 9.80 Å². The van der Waals surface area contributed by atoms with Crippen LogP contribution in [0.5, 0.6) is 0 Å². The van der Waals surface area contributed by atoms with Gasteiger partial charge < -0.3 is 20.0 Å². The maximum absolute atomic E-state index is 9.70. The fourth-order valence-electron chi connectivity index (χ4n) is 3.50. The number of nitrogens with zero attached hydrogens (tertiary/aromatic N) is 5. The number of carboxylic acid groups (broad SMARTS) is 1. The highest BCUT2D eigenvalue weighted by atomic mass is 16.3. The third kappa shape index (κ3) is 4.29. The van der Waals surface area contributed by atoms with E-state index in [0.717, 1.165) is 50.7 Å². The van der Waals surface area contributed by atoms with E-state index < -0.39 is 0 Å². The lowest BCUT2D eigenvalue weighted by molar-refractivity contribution is -0.122. The predicted molar refractivity (Wildman–Crippen MR) is 96.3 cm³/mol. The molecule has 2 fully saturated rings. The molecule has 4 rings (SSSR count). The fraction of sp³-hybridized carbons (Fsp3) is 0.529. The SMILES string of the molecule is O=CO.OC1CCN(c2ccnc(N3CCC(c4ccn[nH]4)CC3)n2)C1. The molecule has 0 amide bonds. The molecule has 0 radical (unpaired) electrons. The van der Waals surface area contributed by atoms with Crippen molar-refractivity contribution in [2.24, 2.45) is 0 Å². The van der Waals surface area contributed by atoms with Gasteiger partial charge in [0.15, 0.2) is 0 Å². The molecule has 9 heteroatoms. The highest BCUT2D eigenvalue weighted by molar-refractivity contribution is 5.45. The number of rotatable bonds is 3. The smallest absolute Gasteiger partial charge is 0.290 e. The number of aliphatic hydroxyl groups is 1. The lowest BCUT2D eigenvalue weighted by Crippen LogP contribution is -2.34. The number of carbonyl (C=O) groups is 1. The molecule has 2 aromatic rings. The van der Waals surface area contributed by atoms with Crippen LogP contribution in [-0.4, -0.2) is 69.1 Å². The van der Waals surface area contributed by atoms with Crippen molar-refractivity contribution in [1.29, 1.82) is 0 Å². The van der Waals surface area contributed by atoms with Gasteiger partial charge in [-0.3, -0.25) is 9.89 Å². The van der Waals surface area contributed by atoms with Crippen molar-refractivity contribution in [3.8, 4) is 0 Å². The minimum Gasteiger partial charge on any atom is -0.483 e. The van der Waals surface area contributed by atoms with E-state index in [-0.39, 0.29) is 12.6 Å². The minimum absolute atomic E-state index is 0.237. The van der Waals surface area contributed by atoms with Crippen LogP contribution in [0.4, 0.5) is 11.8 Å². The summed E-state index contributed by atoms with van der Waals surface area (Å²) in [6.07, 6.45) is 6.38. The van der Waals surface area contributed by atoms with Crippen molar-refractivity contribution < 1.29 is 15.0 Å². The number of hydrogen-bond donors (Lipinski definition) is 3. The number of H-pyrrole nitrogens is 1. The van der Waals surface area contributed by atoms with E-state index in [4.69, 9.17) is 14.9 Å². The van der Waals surface area contributed by atoms with E-state index in [2.05, 4.69) is 31.0 Å². The largest absolute Gasteiger partial charge is 0.483 e. The summed E-state index contributed by atoms with van der Waals surface area (Å²) in [6, 6.07) is 4.00. The number of aliphatic hydroxyl groups excluding tert-OH is 1. The molecule has 0 saturated carbocycles. The molecule has 9 nitrogen and oxygen atoms in total. The Balaban J connectivity index is 0.000000613. The van der Waals surface area contributed by atoms with E-state index in [1.165, 1.54) is 5.69 Å². The van der Waals surface area contributed by atoms with Crippen molar-refractivity contribution in [1.82, 2.24) is 20.2 Å². The Hall–Kier alpha value is -2.68. The Morgan fingerprint density at radius 3 is 2.46 bits per heavy atom. The zero-order chi connectivity index (χ0) is 18.4. The molecular formula is C17H24N6O3. The van der Waals surface area contributed by atoms with Gasteiger partial charge in [-0.2, -0.15) is 10.1 Å². The quantitative estimate of drug-likeness (QED) is 0.690. The van der Waals surface area contributed by atoms with Crippen LogP contribution in [-0.2, 0) is 4.79 Å². The van der Waals surface area contributed by atoms with E-state index in [1.807, 2.05) is 18.5 Å². The average molecular weight is 360 g/mol. The first-order chi connectivity index (χ1) is 12.7. The number of aromatic nitrogens is 4. The molecule has 2 aliphatic rings. The van der Waals surface area contributed by atoms with Crippen LogP contribution in [0.15, 0.2) is 24.5 Å². The summed E-state index contributed by atoms with van der Waals surface area (Å²) in [6.45, 7) is 3.18. The molecule has 1 atom stereocenters. The summed E-state index contributed by atoms with van der Waals surface area (Å²) >= 11 is 0. The topological polar surface area (TPSA) is 118 Å². The second-order valence-electron chi connectivity index (χ2n) is 6.48. The maximum atomic E-state index is 9.70. The molecule has 4 heterocycles. The van der Waals surface area contributed by atoms with Crippen LogP contribution >= 0.6 is 0 Å². The second-order valence-corrected chi connectivity index (χ2v) is 6.48. The van der Waals surface area contributed by atoms with E-state index in [0.29, 0.717) is 12.5 Å². The molecule has 2 aliphatic heterocycles. The highest BCUT2D eigenvalue weighted by Crippen LogP contribution is 2.28. The van der Waals surface area contributed by atoms with Crippen molar-refractivity contribution >= 4 is 18.2 Å². The molecule has 26 heavy (non-hydrogen) atoms. The van der Waals surface area contributed by atoms with E-state index in [9.17, 15) is 5.11 Å². The van der Waals surface area contributed by atoms with Crippen molar-refractivity contribution in [2.45, 2.75) is 31.3 Å². The maximum Gasteiger partial charge on any atom is 0.290 e. The van der Waals surface area contributed by atoms with Gasteiger partial charge in [0.2, 0.25) is 5.95 Å². The Bertz CT molecular complexity index is 688. The zero-order valence-corrected chi connectivity index (χ0v) is 14.5. The average Bonchev–Trinajstić information content (AvgIpc) is 3.35. The summed E-state index contributed by atoms with van der Waals surface area (Å²) in [5, 5.41) is 23.7. The molecule has 140 valence electrons. The first-order valence-electron chi connectivity index (χ1n) is 8.79. The lowest BCUT2D eigenvalue weighted by atomic mass is 9.94. The van der Waals surface area contributed by atoms with Gasteiger partial charge in [0.1, 0.15) is 5.82 Å². The summed E-state index contributed by atoms with van der Waals surface area (Å²) in [7, 11) is 0. The van der Waals surface area contributed by atoms with Crippen LogP contribution in [0.2, 0.25) is 0 Å². The van der Waals surface area contributed by atoms with Crippen LogP contribution in [0.1, 0.15) is 30.9 Å². The van der Waals surface area contributed by atoms with Gasteiger partial charge in [-0.1, -0.05) is 0 Å². The van der Waals surface area contributed by atoms with Gasteiger partial charge in [-0.05, 0) is 31.4 Å². The number of nitrogens with one attached hydrogen (secondary N) is 1. The van der Waals surface area contributed by atoms with Gasteiger partial charge in [0.25, 0.3) is 6.47 Å². The van der Waals surface area contributed by atoms with Crippen LogP contribution in [0, 0.1) is 0 Å². The van der Waals surface area contributed by atoms with Crippen molar-refractivity contribution in [3.05, 3.63) is 30.2 Å². The Labute approximate surface area is 151 Å². The predicted octanol–water partition coefficient (Wildman–Crippen LogP) is 0.855. The number of aromatic amines is 1. The minimum atomic E-state index is -0.250. The molecule has 0 aliphatic carbocycles.